The summed E-state index contributed by atoms with van der Waals surface area (Å²) in [6.45, 7) is 3.92. The van der Waals surface area contributed by atoms with Crippen molar-refractivity contribution in [3.05, 3.63) is 57.8 Å². The van der Waals surface area contributed by atoms with Gasteiger partial charge in [-0.2, -0.15) is 0 Å². The first-order valence-electron chi connectivity index (χ1n) is 5.49. The molecule has 5 nitrogen and oxygen atoms in total. The van der Waals surface area contributed by atoms with Gasteiger partial charge in [0.05, 0.1) is 6.20 Å². The van der Waals surface area contributed by atoms with E-state index in [4.69, 9.17) is 0 Å². The number of nitrogens with one attached hydrogen (secondary N) is 2. The van der Waals surface area contributed by atoms with Crippen molar-refractivity contribution in [3.8, 4) is 0 Å². The number of hydrogen-bond acceptors (Lipinski definition) is 3. The molecule has 0 saturated heterocycles. The molecule has 0 spiro atoms. The van der Waals surface area contributed by atoms with E-state index in [9.17, 15) is 9.59 Å². The summed E-state index contributed by atoms with van der Waals surface area (Å²) in [4.78, 5) is 28.9. The zero-order valence-corrected chi connectivity index (χ0v) is 10.2. The third kappa shape index (κ3) is 2.82. The second-order valence-corrected chi connectivity index (χ2v) is 4.13. The molecule has 92 valence electrons. The van der Waals surface area contributed by atoms with E-state index in [0.717, 1.165) is 17.3 Å². The second kappa shape index (κ2) is 4.83. The fourth-order valence-electron chi connectivity index (χ4n) is 1.71. The Morgan fingerprint density at radius 3 is 2.44 bits per heavy atom. The zero-order valence-electron chi connectivity index (χ0n) is 10.2. The van der Waals surface area contributed by atoms with Gasteiger partial charge in [0.15, 0.2) is 0 Å². The van der Waals surface area contributed by atoms with Crippen LogP contribution in [0.25, 0.3) is 0 Å². The summed E-state index contributed by atoms with van der Waals surface area (Å²) in [6.07, 6.45) is 2.37. The lowest BCUT2D eigenvalue weighted by Crippen LogP contribution is -2.17. The number of carbonyl (C=O) groups excluding carboxylic acids is 1. The van der Waals surface area contributed by atoms with E-state index < -0.39 is 0 Å². The molecule has 18 heavy (non-hydrogen) atoms. The van der Waals surface area contributed by atoms with E-state index in [1.54, 1.807) is 0 Å². The number of aromatic amines is 1. The molecule has 0 saturated carbocycles. The van der Waals surface area contributed by atoms with Crippen molar-refractivity contribution in [1.29, 1.82) is 0 Å². The van der Waals surface area contributed by atoms with Crippen molar-refractivity contribution < 1.29 is 4.79 Å². The maximum absolute atomic E-state index is 11.9. The lowest BCUT2D eigenvalue weighted by atomic mass is 10.1. The summed E-state index contributed by atoms with van der Waals surface area (Å²) < 4.78 is 0. The number of rotatable bonds is 2. The summed E-state index contributed by atoms with van der Waals surface area (Å²) in [7, 11) is 0. The quantitative estimate of drug-likeness (QED) is 0.842. The summed E-state index contributed by atoms with van der Waals surface area (Å²) in [5.74, 6) is -0.351. The van der Waals surface area contributed by atoms with Crippen LogP contribution in [0.3, 0.4) is 0 Å². The average Bonchev–Trinajstić information content (AvgIpc) is 2.28. The molecule has 0 fully saturated rings. The minimum Gasteiger partial charge on any atom is -0.325 e. The molecule has 5 heteroatoms. The minimum atomic E-state index is -0.351. The number of amides is 1. The van der Waals surface area contributed by atoms with Crippen LogP contribution >= 0.6 is 0 Å². The Morgan fingerprint density at radius 2 is 1.89 bits per heavy atom. The molecule has 2 rings (SSSR count). The standard InChI is InChI=1S/C13H13N3O2/c1-8-3-9(2)5-10(4-8)16-13(18)11-6-15-12(17)7-14-11/h3-7H,1-2H3,(H,15,17)(H,16,18). The van der Waals surface area contributed by atoms with E-state index in [1.807, 2.05) is 32.0 Å². The van der Waals surface area contributed by atoms with Gasteiger partial charge >= 0.3 is 0 Å². The van der Waals surface area contributed by atoms with Crippen LogP contribution in [0.4, 0.5) is 5.69 Å². The number of anilines is 1. The van der Waals surface area contributed by atoms with Crippen LogP contribution in [-0.2, 0) is 0 Å². The van der Waals surface area contributed by atoms with E-state index in [0.29, 0.717) is 5.69 Å². The van der Waals surface area contributed by atoms with Crippen molar-refractivity contribution in [2.75, 3.05) is 5.32 Å². The van der Waals surface area contributed by atoms with Gasteiger partial charge in [0, 0.05) is 11.9 Å². The molecule has 0 atom stereocenters. The molecule has 1 aromatic heterocycles. The molecule has 0 radical (unpaired) electrons. The Balaban J connectivity index is 2.21. The van der Waals surface area contributed by atoms with Gasteiger partial charge in [-0.15, -0.1) is 0 Å². The highest BCUT2D eigenvalue weighted by molar-refractivity contribution is 6.02. The van der Waals surface area contributed by atoms with Gasteiger partial charge in [0.25, 0.3) is 11.5 Å². The van der Waals surface area contributed by atoms with E-state index in [-0.39, 0.29) is 17.2 Å². The SMILES string of the molecule is Cc1cc(C)cc(NC(=O)c2c[nH]c(=O)cn2)c1. The van der Waals surface area contributed by atoms with Gasteiger partial charge < -0.3 is 10.3 Å². The second-order valence-electron chi connectivity index (χ2n) is 4.13. The van der Waals surface area contributed by atoms with Crippen LogP contribution in [0.15, 0.2) is 35.4 Å². The monoisotopic (exact) mass is 243 g/mol. The van der Waals surface area contributed by atoms with Gasteiger partial charge in [-0.1, -0.05) is 6.07 Å². The average molecular weight is 243 g/mol. The number of nitrogens with zero attached hydrogens (tertiary/aromatic N) is 1. The highest BCUT2D eigenvalue weighted by Gasteiger charge is 2.07. The molecular formula is C13H13N3O2. The first-order chi connectivity index (χ1) is 8.54. The molecule has 1 aromatic carbocycles. The molecule has 0 aliphatic heterocycles. The van der Waals surface area contributed by atoms with Crippen molar-refractivity contribution in [1.82, 2.24) is 9.97 Å². The van der Waals surface area contributed by atoms with Crippen LogP contribution in [0.1, 0.15) is 21.6 Å². The molecule has 0 aliphatic rings. The first-order valence-corrected chi connectivity index (χ1v) is 5.49. The molecule has 0 unspecified atom stereocenters. The lowest BCUT2D eigenvalue weighted by molar-refractivity contribution is 0.102. The normalized spacial score (nSPS) is 10.1. The number of carbonyl (C=O) groups is 1. The summed E-state index contributed by atoms with van der Waals surface area (Å²) in [6, 6.07) is 5.76. The van der Waals surface area contributed by atoms with Crippen molar-refractivity contribution >= 4 is 11.6 Å². The van der Waals surface area contributed by atoms with Crippen LogP contribution < -0.4 is 10.9 Å². The topological polar surface area (TPSA) is 74.8 Å². The van der Waals surface area contributed by atoms with Gasteiger partial charge in [0.2, 0.25) is 0 Å². The number of hydrogen-bond donors (Lipinski definition) is 2. The fraction of sp³-hybridized carbons (Fsp3) is 0.154. The van der Waals surface area contributed by atoms with E-state index in [2.05, 4.69) is 15.3 Å². The van der Waals surface area contributed by atoms with Crippen LogP contribution in [0.5, 0.6) is 0 Å². The van der Waals surface area contributed by atoms with Crippen molar-refractivity contribution in [2.45, 2.75) is 13.8 Å². The van der Waals surface area contributed by atoms with Gasteiger partial charge in [-0.3, -0.25) is 9.59 Å². The molecule has 1 heterocycles. The van der Waals surface area contributed by atoms with Gasteiger partial charge in [0.1, 0.15) is 5.69 Å². The third-order valence-corrected chi connectivity index (χ3v) is 2.38. The molecule has 1 amide bonds. The van der Waals surface area contributed by atoms with E-state index >= 15 is 0 Å². The fourth-order valence-corrected chi connectivity index (χ4v) is 1.71. The van der Waals surface area contributed by atoms with Gasteiger partial charge in [-0.05, 0) is 37.1 Å². The maximum atomic E-state index is 11.9. The number of aryl methyl sites for hydroxylation is 2. The molecule has 0 aliphatic carbocycles. The third-order valence-electron chi connectivity index (χ3n) is 2.38. The van der Waals surface area contributed by atoms with Gasteiger partial charge in [-0.25, -0.2) is 4.98 Å². The van der Waals surface area contributed by atoms with Crippen LogP contribution in [-0.4, -0.2) is 15.9 Å². The first kappa shape index (κ1) is 12.0. The Hall–Kier alpha value is -2.43. The Bertz CT molecular complexity index is 606. The zero-order chi connectivity index (χ0) is 13.1. The summed E-state index contributed by atoms with van der Waals surface area (Å²) >= 11 is 0. The minimum absolute atomic E-state index is 0.175. The number of benzene rings is 1. The number of H-pyrrole nitrogens is 1. The molecular weight excluding hydrogens is 230 g/mol. The number of aromatic nitrogens is 2. The van der Waals surface area contributed by atoms with E-state index in [1.165, 1.54) is 6.20 Å². The lowest BCUT2D eigenvalue weighted by Gasteiger charge is -2.06. The Morgan fingerprint density at radius 1 is 1.22 bits per heavy atom. The Kier molecular flexibility index (Phi) is 3.23. The predicted octanol–water partition coefficient (Wildman–Crippen LogP) is 1.64. The van der Waals surface area contributed by atoms with Crippen molar-refractivity contribution in [2.24, 2.45) is 0 Å². The highest BCUT2D eigenvalue weighted by atomic mass is 16.2. The maximum Gasteiger partial charge on any atom is 0.275 e. The van der Waals surface area contributed by atoms with Crippen LogP contribution in [0, 0.1) is 13.8 Å². The summed E-state index contributed by atoms with van der Waals surface area (Å²) in [5, 5.41) is 2.74. The molecule has 2 N–H and O–H groups in total. The van der Waals surface area contributed by atoms with Crippen molar-refractivity contribution in [3.63, 3.8) is 0 Å². The Labute approximate surface area is 104 Å². The van der Waals surface area contributed by atoms with Crippen LogP contribution in [0.2, 0.25) is 0 Å². The molecule has 2 aromatic rings. The predicted molar refractivity (Wildman–Crippen MR) is 68.7 cm³/mol. The summed E-state index contributed by atoms with van der Waals surface area (Å²) in [5.41, 5.74) is 2.69. The smallest absolute Gasteiger partial charge is 0.275 e. The largest absolute Gasteiger partial charge is 0.325 e. The molecule has 0 bridgehead atoms. The highest BCUT2D eigenvalue weighted by Crippen LogP contribution is 2.14.